The van der Waals surface area contributed by atoms with Crippen molar-refractivity contribution >= 4 is 15.7 Å². The van der Waals surface area contributed by atoms with Crippen LogP contribution in [0.15, 0.2) is 42.6 Å². The summed E-state index contributed by atoms with van der Waals surface area (Å²) in [5.74, 6) is 1.54. The van der Waals surface area contributed by atoms with Crippen LogP contribution in [0.5, 0.6) is 11.6 Å². The summed E-state index contributed by atoms with van der Waals surface area (Å²) >= 11 is 0. The first-order valence-electron chi connectivity index (χ1n) is 11.9. The Hall–Kier alpha value is -2.36. The molecule has 0 amide bonds. The zero-order valence-electron chi connectivity index (χ0n) is 20.1. The van der Waals surface area contributed by atoms with Crippen LogP contribution in [-0.2, 0) is 14.8 Å². The number of nitrogens with one attached hydrogen (secondary N) is 1. The molecule has 2 aliphatic rings. The Kier molecular flexibility index (Phi) is 7.95. The highest BCUT2D eigenvalue weighted by Crippen LogP contribution is 2.36. The van der Waals surface area contributed by atoms with Crippen molar-refractivity contribution in [3.63, 3.8) is 0 Å². The van der Waals surface area contributed by atoms with Gasteiger partial charge in [0, 0.05) is 18.7 Å². The van der Waals surface area contributed by atoms with Gasteiger partial charge in [-0.1, -0.05) is 30.3 Å². The van der Waals surface area contributed by atoms with E-state index in [1.807, 2.05) is 6.07 Å². The number of nitrogens with zero attached hydrogens (tertiary/aromatic N) is 2. The number of methoxy groups -OCH3 is 2. The van der Waals surface area contributed by atoms with Crippen LogP contribution in [-0.4, -0.2) is 65.2 Å². The van der Waals surface area contributed by atoms with E-state index < -0.39 is 10.0 Å². The third-order valence-electron chi connectivity index (χ3n) is 6.91. The van der Waals surface area contributed by atoms with Crippen molar-refractivity contribution < 1.29 is 22.6 Å². The fourth-order valence-electron chi connectivity index (χ4n) is 5.19. The second kappa shape index (κ2) is 10.9. The molecule has 9 heteroatoms. The molecule has 1 saturated heterocycles. The molecular formula is C25H35N3O5S. The van der Waals surface area contributed by atoms with Crippen LogP contribution in [0, 0.1) is 0 Å². The first-order valence-corrected chi connectivity index (χ1v) is 13.8. The van der Waals surface area contributed by atoms with Crippen molar-refractivity contribution in [2.24, 2.45) is 0 Å². The third kappa shape index (κ3) is 6.00. The van der Waals surface area contributed by atoms with Crippen LogP contribution < -0.4 is 19.1 Å². The number of hydrogen-bond acceptors (Lipinski definition) is 7. The number of rotatable bonds is 9. The first-order chi connectivity index (χ1) is 16.4. The number of anilines is 1. The van der Waals surface area contributed by atoms with Crippen LogP contribution in [0.3, 0.4) is 0 Å². The Morgan fingerprint density at radius 3 is 2.44 bits per heavy atom. The van der Waals surface area contributed by atoms with E-state index in [1.54, 1.807) is 20.4 Å². The smallest absolute Gasteiger partial charge is 0.256 e. The Balaban J connectivity index is 1.43. The number of benzene rings is 1. The van der Waals surface area contributed by atoms with E-state index in [9.17, 15) is 8.42 Å². The summed E-state index contributed by atoms with van der Waals surface area (Å²) in [4.78, 5) is 6.53. The molecule has 1 aliphatic heterocycles. The fourth-order valence-corrected chi connectivity index (χ4v) is 6.02. The Morgan fingerprint density at radius 1 is 1.06 bits per heavy atom. The van der Waals surface area contributed by atoms with Crippen molar-refractivity contribution in [2.75, 3.05) is 38.5 Å². The van der Waals surface area contributed by atoms with Crippen LogP contribution in [0.4, 0.5) is 5.69 Å². The SMILES string of the molecule is COc1cc(N2CC[C@H](NS(C)(=O)=O)[C@@H]2COC2CCC(c3ccccc3)CC2)cnc1OC. The monoisotopic (exact) mass is 489 g/mol. The maximum Gasteiger partial charge on any atom is 0.256 e. The average Bonchev–Trinajstić information content (AvgIpc) is 3.23. The van der Waals surface area contributed by atoms with E-state index in [1.165, 1.54) is 11.8 Å². The minimum atomic E-state index is -3.34. The highest BCUT2D eigenvalue weighted by Gasteiger charge is 2.37. The minimum absolute atomic E-state index is 0.138. The van der Waals surface area contributed by atoms with E-state index in [0.717, 1.165) is 31.4 Å². The number of pyridine rings is 1. The van der Waals surface area contributed by atoms with E-state index in [2.05, 4.69) is 44.9 Å². The summed E-state index contributed by atoms with van der Waals surface area (Å²) < 4.78 is 43.9. The molecule has 2 heterocycles. The first kappa shape index (κ1) is 24.8. The highest BCUT2D eigenvalue weighted by molar-refractivity contribution is 7.88. The van der Waals surface area contributed by atoms with Gasteiger partial charge in [-0.05, 0) is 43.6 Å². The van der Waals surface area contributed by atoms with Crippen LogP contribution in [0.2, 0.25) is 0 Å². The van der Waals surface area contributed by atoms with Gasteiger partial charge in [-0.3, -0.25) is 0 Å². The second-order valence-corrected chi connectivity index (χ2v) is 10.9. The number of hydrogen-bond donors (Lipinski definition) is 1. The van der Waals surface area contributed by atoms with E-state index in [-0.39, 0.29) is 18.2 Å². The van der Waals surface area contributed by atoms with Crippen LogP contribution in [0.1, 0.15) is 43.6 Å². The summed E-state index contributed by atoms with van der Waals surface area (Å²) in [5.41, 5.74) is 2.26. The topological polar surface area (TPSA) is 90.0 Å². The lowest BCUT2D eigenvalue weighted by Gasteiger charge is -2.33. The molecule has 4 rings (SSSR count). The molecule has 2 atom stereocenters. The third-order valence-corrected chi connectivity index (χ3v) is 7.64. The number of sulfonamides is 1. The molecule has 0 unspecified atom stereocenters. The van der Waals surface area contributed by atoms with Gasteiger partial charge in [0.25, 0.3) is 5.88 Å². The second-order valence-electron chi connectivity index (χ2n) is 9.17. The average molecular weight is 490 g/mol. The molecule has 2 fully saturated rings. The molecule has 34 heavy (non-hydrogen) atoms. The van der Waals surface area contributed by atoms with Crippen LogP contribution >= 0.6 is 0 Å². The molecular weight excluding hydrogens is 454 g/mol. The van der Waals surface area contributed by atoms with E-state index in [4.69, 9.17) is 14.2 Å². The molecule has 1 saturated carbocycles. The van der Waals surface area contributed by atoms with E-state index in [0.29, 0.717) is 37.1 Å². The van der Waals surface area contributed by atoms with Gasteiger partial charge in [0.05, 0.1) is 51.1 Å². The Morgan fingerprint density at radius 2 is 1.79 bits per heavy atom. The molecule has 0 bridgehead atoms. The zero-order chi connectivity index (χ0) is 24.1. The zero-order valence-corrected chi connectivity index (χ0v) is 21.0. The predicted octanol–water partition coefficient (Wildman–Crippen LogP) is 3.34. The molecule has 186 valence electrons. The van der Waals surface area contributed by atoms with Crippen molar-refractivity contribution in [2.45, 2.75) is 56.2 Å². The molecule has 2 aromatic rings. The van der Waals surface area contributed by atoms with Gasteiger partial charge in [0.1, 0.15) is 0 Å². The van der Waals surface area contributed by atoms with Gasteiger partial charge in [-0.25, -0.2) is 18.1 Å². The maximum atomic E-state index is 12.0. The minimum Gasteiger partial charge on any atom is -0.491 e. The summed E-state index contributed by atoms with van der Waals surface area (Å²) in [7, 11) is -0.215. The summed E-state index contributed by atoms with van der Waals surface area (Å²) in [6.45, 7) is 1.14. The Bertz CT molecular complexity index is 1040. The normalized spacial score (nSPS) is 25.3. The van der Waals surface area contributed by atoms with Crippen molar-refractivity contribution in [3.05, 3.63) is 48.2 Å². The summed E-state index contributed by atoms with van der Waals surface area (Å²) in [5, 5.41) is 0. The lowest BCUT2D eigenvalue weighted by Crippen LogP contribution is -2.48. The lowest BCUT2D eigenvalue weighted by atomic mass is 9.83. The Labute approximate surface area is 202 Å². The quantitative estimate of drug-likeness (QED) is 0.578. The van der Waals surface area contributed by atoms with Gasteiger partial charge in [0.15, 0.2) is 5.75 Å². The molecule has 8 nitrogen and oxygen atoms in total. The summed E-state index contributed by atoms with van der Waals surface area (Å²) in [6, 6.07) is 12.2. The molecule has 1 aromatic heterocycles. The van der Waals surface area contributed by atoms with Gasteiger partial charge in [0.2, 0.25) is 10.0 Å². The van der Waals surface area contributed by atoms with Gasteiger partial charge < -0.3 is 19.1 Å². The summed E-state index contributed by atoms with van der Waals surface area (Å²) in [6.07, 6.45) is 8.05. The lowest BCUT2D eigenvalue weighted by molar-refractivity contribution is 0.0157. The number of aromatic nitrogens is 1. The van der Waals surface area contributed by atoms with Crippen molar-refractivity contribution in [3.8, 4) is 11.6 Å². The van der Waals surface area contributed by atoms with Crippen LogP contribution in [0.25, 0.3) is 0 Å². The highest BCUT2D eigenvalue weighted by atomic mass is 32.2. The van der Waals surface area contributed by atoms with Gasteiger partial charge >= 0.3 is 0 Å². The predicted molar refractivity (Wildman–Crippen MR) is 132 cm³/mol. The molecule has 1 N–H and O–H groups in total. The van der Waals surface area contributed by atoms with Gasteiger partial charge in [-0.2, -0.15) is 0 Å². The number of ether oxygens (including phenoxy) is 3. The maximum absolute atomic E-state index is 12.0. The molecule has 0 spiro atoms. The molecule has 1 aliphatic carbocycles. The van der Waals surface area contributed by atoms with Gasteiger partial charge in [-0.15, -0.1) is 0 Å². The van der Waals surface area contributed by atoms with Crippen molar-refractivity contribution in [1.82, 2.24) is 9.71 Å². The largest absolute Gasteiger partial charge is 0.491 e. The van der Waals surface area contributed by atoms with E-state index >= 15 is 0 Å². The standard InChI is InChI=1S/C25H35N3O5S/c1-31-24-15-20(16-26-25(24)32-2)28-14-13-22(27-34(3,29)30)23(28)17-33-21-11-9-19(10-12-21)18-7-5-4-6-8-18/h4-8,15-16,19,21-23,27H,9-14,17H2,1-3H3/t19?,21?,22-,23-/m0/s1. The molecule has 0 radical (unpaired) electrons. The fraction of sp³-hybridized carbons (Fsp3) is 0.560. The molecule has 1 aromatic carbocycles. The van der Waals surface area contributed by atoms with Crippen molar-refractivity contribution in [1.29, 1.82) is 0 Å².